The second-order valence-electron chi connectivity index (χ2n) is 6.50. The van der Waals surface area contributed by atoms with Gasteiger partial charge in [-0.15, -0.1) is 0 Å². The average molecular weight is 338 g/mol. The number of halogens is 1. The molecule has 1 amide bonds. The summed E-state index contributed by atoms with van der Waals surface area (Å²) in [5, 5.41) is 2.94. The topological polar surface area (TPSA) is 32.3 Å². The van der Waals surface area contributed by atoms with E-state index in [9.17, 15) is 9.18 Å². The van der Waals surface area contributed by atoms with Crippen LogP contribution < -0.4 is 10.2 Å². The van der Waals surface area contributed by atoms with Gasteiger partial charge in [0.2, 0.25) is 5.91 Å². The SMILES string of the molecule is CC(NC(=O)/C=C/c1ccccc1F)c1ccc2c(c1)CCCN2C. The standard InChI is InChI=1S/C21H23FN2O/c1-15(17-9-11-20-18(14-17)7-5-13-24(20)2)23-21(25)12-10-16-6-3-4-8-19(16)22/h3-4,6,8-12,14-15H,5,7,13H2,1-2H3,(H,23,25)/b12-10+. The molecule has 0 bridgehead atoms. The minimum Gasteiger partial charge on any atom is -0.374 e. The van der Waals surface area contributed by atoms with Crippen LogP contribution in [0.5, 0.6) is 0 Å². The molecule has 130 valence electrons. The van der Waals surface area contributed by atoms with Gasteiger partial charge in [0.15, 0.2) is 0 Å². The van der Waals surface area contributed by atoms with Gasteiger partial charge in [0, 0.05) is 30.9 Å². The van der Waals surface area contributed by atoms with Crippen LogP contribution in [0.15, 0.2) is 48.5 Å². The van der Waals surface area contributed by atoms with Crippen LogP contribution in [-0.2, 0) is 11.2 Å². The second-order valence-corrected chi connectivity index (χ2v) is 6.50. The number of aryl methyl sites for hydroxylation is 1. The highest BCUT2D eigenvalue weighted by molar-refractivity contribution is 5.92. The van der Waals surface area contributed by atoms with E-state index in [0.717, 1.165) is 24.9 Å². The van der Waals surface area contributed by atoms with Gasteiger partial charge in [0.25, 0.3) is 0 Å². The van der Waals surface area contributed by atoms with Crippen molar-refractivity contribution in [1.29, 1.82) is 0 Å². The first-order chi connectivity index (χ1) is 12.0. The van der Waals surface area contributed by atoms with Gasteiger partial charge in [-0.05, 0) is 49.1 Å². The fraction of sp³-hybridized carbons (Fsp3) is 0.286. The van der Waals surface area contributed by atoms with E-state index in [2.05, 4.69) is 35.5 Å². The molecule has 2 aromatic carbocycles. The number of rotatable bonds is 4. The van der Waals surface area contributed by atoms with Crippen molar-refractivity contribution in [3.05, 3.63) is 71.0 Å². The van der Waals surface area contributed by atoms with Crippen LogP contribution in [0.2, 0.25) is 0 Å². The molecule has 3 nitrogen and oxygen atoms in total. The number of nitrogens with one attached hydrogen (secondary N) is 1. The van der Waals surface area contributed by atoms with Crippen LogP contribution >= 0.6 is 0 Å². The quantitative estimate of drug-likeness (QED) is 0.851. The lowest BCUT2D eigenvalue weighted by Gasteiger charge is -2.28. The van der Waals surface area contributed by atoms with E-state index in [1.54, 1.807) is 18.2 Å². The summed E-state index contributed by atoms with van der Waals surface area (Å²) in [5.74, 6) is -0.566. The van der Waals surface area contributed by atoms with E-state index in [0.29, 0.717) is 5.56 Å². The molecular formula is C21H23FN2O. The fourth-order valence-electron chi connectivity index (χ4n) is 3.20. The Bertz CT molecular complexity index is 800. The molecule has 1 aliphatic rings. The molecule has 3 rings (SSSR count). The maximum Gasteiger partial charge on any atom is 0.244 e. The zero-order valence-electron chi connectivity index (χ0n) is 14.6. The Balaban J connectivity index is 1.67. The number of amides is 1. The molecule has 1 N–H and O–H groups in total. The summed E-state index contributed by atoms with van der Waals surface area (Å²) in [6.07, 6.45) is 5.10. The van der Waals surface area contributed by atoms with E-state index in [1.807, 2.05) is 6.92 Å². The summed E-state index contributed by atoms with van der Waals surface area (Å²) in [7, 11) is 2.11. The van der Waals surface area contributed by atoms with E-state index >= 15 is 0 Å². The molecule has 1 heterocycles. The van der Waals surface area contributed by atoms with Crippen molar-refractivity contribution in [1.82, 2.24) is 5.32 Å². The zero-order chi connectivity index (χ0) is 17.8. The summed E-state index contributed by atoms with van der Waals surface area (Å²) in [5.41, 5.74) is 4.09. The van der Waals surface area contributed by atoms with Gasteiger partial charge >= 0.3 is 0 Å². The highest BCUT2D eigenvalue weighted by atomic mass is 19.1. The molecule has 0 saturated heterocycles. The van der Waals surface area contributed by atoms with Gasteiger partial charge in [0.05, 0.1) is 6.04 Å². The van der Waals surface area contributed by atoms with Crippen molar-refractivity contribution in [3.8, 4) is 0 Å². The van der Waals surface area contributed by atoms with Crippen molar-refractivity contribution in [2.75, 3.05) is 18.5 Å². The molecule has 0 aromatic heterocycles. The van der Waals surface area contributed by atoms with Crippen molar-refractivity contribution < 1.29 is 9.18 Å². The predicted molar refractivity (Wildman–Crippen MR) is 100 cm³/mol. The Kier molecular flexibility index (Phi) is 5.17. The van der Waals surface area contributed by atoms with Crippen LogP contribution in [-0.4, -0.2) is 19.5 Å². The normalized spacial score (nSPS) is 15.1. The molecule has 4 heteroatoms. The third-order valence-electron chi connectivity index (χ3n) is 4.63. The van der Waals surface area contributed by atoms with Gasteiger partial charge < -0.3 is 10.2 Å². The Morgan fingerprint density at radius 2 is 2.08 bits per heavy atom. The van der Waals surface area contributed by atoms with Crippen molar-refractivity contribution >= 4 is 17.7 Å². The number of anilines is 1. The largest absolute Gasteiger partial charge is 0.374 e. The Labute approximate surface area is 148 Å². The van der Waals surface area contributed by atoms with Gasteiger partial charge in [-0.2, -0.15) is 0 Å². The Hall–Kier alpha value is -2.62. The molecule has 0 saturated carbocycles. The smallest absolute Gasteiger partial charge is 0.244 e. The first-order valence-electron chi connectivity index (χ1n) is 8.61. The second kappa shape index (κ2) is 7.51. The minimum absolute atomic E-state index is 0.102. The first kappa shape index (κ1) is 17.2. The van der Waals surface area contributed by atoms with Gasteiger partial charge in [-0.25, -0.2) is 4.39 Å². The lowest BCUT2D eigenvalue weighted by molar-refractivity contribution is -0.117. The molecule has 0 spiro atoms. The Morgan fingerprint density at radius 1 is 1.28 bits per heavy atom. The number of carbonyl (C=O) groups excluding carboxylic acids is 1. The number of fused-ring (bicyclic) bond motifs is 1. The van der Waals surface area contributed by atoms with E-state index < -0.39 is 0 Å². The monoisotopic (exact) mass is 338 g/mol. The predicted octanol–water partition coefficient (Wildman–Crippen LogP) is 4.10. The molecule has 1 atom stereocenters. The maximum atomic E-state index is 13.6. The number of carbonyl (C=O) groups is 1. The summed E-state index contributed by atoms with van der Waals surface area (Å²) >= 11 is 0. The summed E-state index contributed by atoms with van der Waals surface area (Å²) in [6, 6.07) is 12.7. The van der Waals surface area contributed by atoms with Gasteiger partial charge in [-0.1, -0.05) is 30.3 Å². The third-order valence-corrected chi connectivity index (χ3v) is 4.63. The highest BCUT2D eigenvalue weighted by Gasteiger charge is 2.16. The van der Waals surface area contributed by atoms with Gasteiger partial charge in [-0.3, -0.25) is 4.79 Å². The van der Waals surface area contributed by atoms with Gasteiger partial charge in [0.1, 0.15) is 5.82 Å². The summed E-state index contributed by atoms with van der Waals surface area (Å²) < 4.78 is 13.6. The lowest BCUT2D eigenvalue weighted by Crippen LogP contribution is -2.27. The van der Waals surface area contributed by atoms with Crippen LogP contribution in [0.3, 0.4) is 0 Å². The molecular weight excluding hydrogens is 315 g/mol. The molecule has 1 aliphatic heterocycles. The fourth-order valence-corrected chi connectivity index (χ4v) is 3.20. The van der Waals surface area contributed by atoms with Crippen LogP contribution in [0.25, 0.3) is 6.08 Å². The van der Waals surface area contributed by atoms with E-state index in [-0.39, 0.29) is 17.8 Å². The third kappa shape index (κ3) is 4.08. The molecule has 1 unspecified atom stereocenters. The highest BCUT2D eigenvalue weighted by Crippen LogP contribution is 2.28. The lowest BCUT2D eigenvalue weighted by atomic mass is 9.97. The molecule has 0 fully saturated rings. The minimum atomic E-state index is -0.335. The molecule has 0 radical (unpaired) electrons. The van der Waals surface area contributed by atoms with Crippen molar-refractivity contribution in [2.24, 2.45) is 0 Å². The number of nitrogens with zero attached hydrogens (tertiary/aromatic N) is 1. The number of hydrogen-bond acceptors (Lipinski definition) is 2. The van der Waals surface area contributed by atoms with E-state index in [1.165, 1.54) is 29.5 Å². The van der Waals surface area contributed by atoms with Crippen LogP contribution in [0, 0.1) is 5.82 Å². The molecule has 25 heavy (non-hydrogen) atoms. The van der Waals surface area contributed by atoms with Crippen LogP contribution in [0.1, 0.15) is 36.1 Å². The Morgan fingerprint density at radius 3 is 2.88 bits per heavy atom. The van der Waals surface area contributed by atoms with Crippen molar-refractivity contribution in [2.45, 2.75) is 25.8 Å². The molecule has 0 aliphatic carbocycles. The number of benzene rings is 2. The summed E-state index contributed by atoms with van der Waals surface area (Å²) in [4.78, 5) is 14.4. The first-order valence-corrected chi connectivity index (χ1v) is 8.61. The van der Waals surface area contributed by atoms with Crippen molar-refractivity contribution in [3.63, 3.8) is 0 Å². The van der Waals surface area contributed by atoms with E-state index in [4.69, 9.17) is 0 Å². The zero-order valence-corrected chi connectivity index (χ0v) is 14.6. The van der Waals surface area contributed by atoms with Crippen LogP contribution in [0.4, 0.5) is 10.1 Å². The maximum absolute atomic E-state index is 13.6. The average Bonchev–Trinajstić information content (AvgIpc) is 2.61. The number of hydrogen-bond donors (Lipinski definition) is 1. The summed E-state index contributed by atoms with van der Waals surface area (Å²) in [6.45, 7) is 3.04. The molecule has 2 aromatic rings.